The van der Waals surface area contributed by atoms with Crippen molar-refractivity contribution >= 4 is 54.7 Å². The average Bonchev–Trinajstić information content (AvgIpc) is 2.37. The van der Waals surface area contributed by atoms with Gasteiger partial charge in [0.05, 0.1) is 5.38 Å². The highest BCUT2D eigenvalue weighted by molar-refractivity contribution is 6.71. The van der Waals surface area contributed by atoms with Crippen molar-refractivity contribution in [3.8, 4) is 0 Å². The summed E-state index contributed by atoms with van der Waals surface area (Å²) in [5.74, 6) is 0. The maximum Gasteiger partial charge on any atom is 0.284 e. The lowest BCUT2D eigenvalue weighted by Crippen LogP contribution is -2.27. The van der Waals surface area contributed by atoms with Crippen LogP contribution in [0, 0.1) is 0 Å². The fraction of sp³-hybridized carbons (Fsp3) is 0.273. The van der Waals surface area contributed by atoms with Crippen molar-refractivity contribution in [2.45, 2.75) is 19.6 Å². The van der Waals surface area contributed by atoms with Crippen LogP contribution in [0.3, 0.4) is 0 Å². The Kier molecular flexibility index (Phi) is 8.55. The Morgan fingerprint density at radius 3 is 2.40 bits per heavy atom. The molecule has 0 spiro atoms. The van der Waals surface area contributed by atoms with Crippen LogP contribution in [0.15, 0.2) is 35.7 Å². The molecule has 0 heterocycles. The van der Waals surface area contributed by atoms with Crippen LogP contribution in [0.5, 0.6) is 0 Å². The molecule has 0 N–H and O–H groups in total. The maximum atomic E-state index is 6.14. The van der Waals surface area contributed by atoms with E-state index in [-0.39, 0.29) is 0 Å². The summed E-state index contributed by atoms with van der Waals surface area (Å²) in [6, 6.07) is 10.2. The molecule has 0 saturated heterocycles. The molecule has 0 atom stereocenters. The van der Waals surface area contributed by atoms with E-state index in [1.54, 1.807) is 0 Å². The molecule has 20 heavy (non-hydrogen) atoms. The van der Waals surface area contributed by atoms with Crippen LogP contribution in [0.2, 0.25) is 19.6 Å². The summed E-state index contributed by atoms with van der Waals surface area (Å²) in [6.07, 6.45) is 2.11. The van der Waals surface area contributed by atoms with E-state index in [0.717, 1.165) is 21.4 Å². The summed E-state index contributed by atoms with van der Waals surface area (Å²) in [4.78, 5) is 0. The third-order valence-electron chi connectivity index (χ3n) is 2.18. The quantitative estimate of drug-likeness (QED) is 0.330. The van der Waals surface area contributed by atoms with Crippen molar-refractivity contribution in [2.24, 2.45) is 0 Å². The van der Waals surface area contributed by atoms with Gasteiger partial charge in [0.15, 0.2) is 0 Å². The minimum absolute atomic E-state index is 0.745. The predicted octanol–water partition coefficient (Wildman–Crippen LogP) is -0.752. The second kappa shape index (κ2) is 9.62. The molecular formula is C11H24O4Si5. The van der Waals surface area contributed by atoms with Gasteiger partial charge in [-0.05, 0) is 31.3 Å². The van der Waals surface area contributed by atoms with E-state index < -0.39 is 38.1 Å². The summed E-state index contributed by atoms with van der Waals surface area (Å²) in [7, 11) is -3.28. The van der Waals surface area contributed by atoms with E-state index >= 15 is 0 Å². The first-order valence-electron chi connectivity index (χ1n) is 6.60. The van der Waals surface area contributed by atoms with Crippen molar-refractivity contribution in [1.82, 2.24) is 0 Å². The van der Waals surface area contributed by atoms with Gasteiger partial charge in [0.1, 0.15) is 10.5 Å². The van der Waals surface area contributed by atoms with Gasteiger partial charge in [-0.25, -0.2) is 0 Å². The molecule has 0 aliphatic heterocycles. The SMILES string of the molecule is C[Si](C)(C)OC(=Cc1ccccc1)[SiH2]O[SiH2]O[SiH2]O[SiH3]. The molecular weight excluding hydrogens is 337 g/mol. The van der Waals surface area contributed by atoms with E-state index in [9.17, 15) is 0 Å². The molecule has 0 aliphatic rings. The third kappa shape index (κ3) is 8.81. The second-order valence-corrected chi connectivity index (χ2v) is 16.8. The van der Waals surface area contributed by atoms with Gasteiger partial charge in [0, 0.05) is 0 Å². The van der Waals surface area contributed by atoms with Crippen LogP contribution in [-0.2, 0) is 16.8 Å². The highest BCUT2D eigenvalue weighted by Gasteiger charge is 2.18. The number of hydrogen-bond acceptors (Lipinski definition) is 4. The van der Waals surface area contributed by atoms with Crippen molar-refractivity contribution < 1.29 is 16.8 Å². The first kappa shape index (κ1) is 17.8. The first-order chi connectivity index (χ1) is 9.51. The van der Waals surface area contributed by atoms with Gasteiger partial charge in [0.2, 0.25) is 18.1 Å². The smallest absolute Gasteiger partial charge is 0.284 e. The van der Waals surface area contributed by atoms with Crippen LogP contribution in [0.4, 0.5) is 0 Å². The van der Waals surface area contributed by atoms with Gasteiger partial charge in [0.25, 0.3) is 20.0 Å². The zero-order valence-corrected chi connectivity index (χ0v) is 20.0. The molecule has 0 bridgehead atoms. The van der Waals surface area contributed by atoms with E-state index in [0.29, 0.717) is 0 Å². The van der Waals surface area contributed by atoms with Gasteiger partial charge in [-0.3, -0.25) is 0 Å². The number of hydrogen-bond donors (Lipinski definition) is 0. The molecule has 9 heteroatoms. The molecule has 4 nitrogen and oxygen atoms in total. The Labute approximate surface area is 132 Å². The van der Waals surface area contributed by atoms with Gasteiger partial charge >= 0.3 is 0 Å². The van der Waals surface area contributed by atoms with E-state index in [1.165, 1.54) is 0 Å². The maximum absolute atomic E-state index is 6.14. The Balaban J connectivity index is 2.59. The lowest BCUT2D eigenvalue weighted by Gasteiger charge is -2.22. The predicted molar refractivity (Wildman–Crippen MR) is 97.7 cm³/mol. The van der Waals surface area contributed by atoms with Crippen LogP contribution >= 0.6 is 0 Å². The summed E-state index contributed by atoms with van der Waals surface area (Å²) in [5, 5.41) is 1.03. The zero-order valence-electron chi connectivity index (χ0n) is 12.7. The summed E-state index contributed by atoms with van der Waals surface area (Å²) < 4.78 is 22.5. The van der Waals surface area contributed by atoms with Crippen LogP contribution in [0.25, 0.3) is 6.08 Å². The van der Waals surface area contributed by atoms with Crippen molar-refractivity contribution in [3.05, 3.63) is 41.3 Å². The number of benzene rings is 1. The minimum Gasteiger partial charge on any atom is -0.549 e. The minimum atomic E-state index is -1.60. The normalized spacial score (nSPS) is 14.4. The van der Waals surface area contributed by atoms with Crippen LogP contribution in [-0.4, -0.2) is 48.6 Å². The van der Waals surface area contributed by atoms with Crippen molar-refractivity contribution in [1.29, 1.82) is 0 Å². The Bertz CT molecular complexity index is 407. The Morgan fingerprint density at radius 2 is 1.80 bits per heavy atom. The molecule has 1 aromatic rings. The van der Waals surface area contributed by atoms with Gasteiger partial charge < -0.3 is 16.8 Å². The summed E-state index contributed by atoms with van der Waals surface area (Å²) >= 11 is 0. The van der Waals surface area contributed by atoms with E-state index in [4.69, 9.17) is 16.8 Å². The number of rotatable bonds is 9. The standard InChI is InChI=1S/C11H24O4Si5/c1-20(2,3)12-11(17-14-19-15-18-13-16)9-10-7-5-4-6-8-10/h4-9H,17-19H2,1-3,16H3. The lowest BCUT2D eigenvalue weighted by molar-refractivity contribution is 0.417. The average molecular weight is 361 g/mol. The first-order valence-corrected chi connectivity index (χ1v) is 14.4. The van der Waals surface area contributed by atoms with Gasteiger partial charge in [-0.1, -0.05) is 30.3 Å². The van der Waals surface area contributed by atoms with Crippen LogP contribution < -0.4 is 0 Å². The monoisotopic (exact) mass is 360 g/mol. The molecule has 0 saturated carbocycles. The van der Waals surface area contributed by atoms with Crippen LogP contribution in [0.1, 0.15) is 5.56 Å². The van der Waals surface area contributed by atoms with E-state index in [1.807, 2.05) is 18.2 Å². The Hall–Kier alpha value is -0.276. The topological polar surface area (TPSA) is 36.9 Å². The Morgan fingerprint density at radius 1 is 1.10 bits per heavy atom. The fourth-order valence-corrected chi connectivity index (χ4v) is 9.36. The summed E-state index contributed by atoms with van der Waals surface area (Å²) in [6.45, 7) is 6.57. The molecule has 0 amide bonds. The second-order valence-electron chi connectivity index (χ2n) is 5.31. The molecule has 0 unspecified atom stereocenters. The molecule has 0 fully saturated rings. The van der Waals surface area contributed by atoms with Gasteiger partial charge in [-0.2, -0.15) is 0 Å². The fourth-order valence-electron chi connectivity index (χ4n) is 1.55. The van der Waals surface area contributed by atoms with Crippen molar-refractivity contribution in [3.63, 3.8) is 0 Å². The van der Waals surface area contributed by atoms with E-state index in [2.05, 4.69) is 37.8 Å². The zero-order chi connectivity index (χ0) is 14.8. The summed E-state index contributed by atoms with van der Waals surface area (Å²) in [5.41, 5.74) is 1.16. The third-order valence-corrected chi connectivity index (χ3v) is 7.73. The molecule has 1 rings (SSSR count). The molecule has 0 radical (unpaired) electrons. The molecule has 0 aliphatic carbocycles. The van der Waals surface area contributed by atoms with Crippen molar-refractivity contribution in [2.75, 3.05) is 0 Å². The molecule has 0 aromatic heterocycles. The molecule has 1 aromatic carbocycles. The highest BCUT2D eigenvalue weighted by atomic mass is 28.4. The highest BCUT2D eigenvalue weighted by Crippen LogP contribution is 2.13. The largest absolute Gasteiger partial charge is 0.549 e. The van der Waals surface area contributed by atoms with Gasteiger partial charge in [-0.15, -0.1) is 0 Å². The lowest BCUT2D eigenvalue weighted by atomic mass is 10.2. The molecule has 112 valence electrons.